The lowest BCUT2D eigenvalue weighted by Gasteiger charge is -2.25. The van der Waals surface area contributed by atoms with Crippen LogP contribution < -0.4 is 20.3 Å². The fourth-order valence-corrected chi connectivity index (χ4v) is 5.50. The number of rotatable bonds is 8. The minimum atomic E-state index is -4.14. The van der Waals surface area contributed by atoms with Crippen LogP contribution >= 0.6 is 0 Å². The summed E-state index contributed by atoms with van der Waals surface area (Å²) in [6, 6.07) is 20.1. The molecule has 3 aromatic rings. The molecule has 3 aromatic carbocycles. The number of nitrogens with zero attached hydrogens (tertiary/aromatic N) is 1. The molecule has 0 radical (unpaired) electrons. The second kappa shape index (κ2) is 11.2. The monoisotopic (exact) mass is 508 g/mol. The number of nitrogens with one attached hydrogen (secondary N) is 3. The van der Waals surface area contributed by atoms with Crippen LogP contribution in [0.5, 0.6) is 5.75 Å². The topological polar surface area (TPSA) is 128 Å². The van der Waals surface area contributed by atoms with Crippen molar-refractivity contribution in [3.63, 3.8) is 0 Å². The Morgan fingerprint density at radius 2 is 1.56 bits per heavy atom. The van der Waals surface area contributed by atoms with Crippen LogP contribution in [0.2, 0.25) is 0 Å². The Bertz CT molecular complexity index is 1310. The van der Waals surface area contributed by atoms with Gasteiger partial charge in [0.25, 0.3) is 15.9 Å². The third-order valence-electron chi connectivity index (χ3n) is 5.86. The number of benzene rings is 3. The first-order valence-electron chi connectivity index (χ1n) is 11.6. The van der Waals surface area contributed by atoms with Gasteiger partial charge < -0.3 is 21.1 Å². The molecule has 1 aliphatic rings. The summed E-state index contributed by atoms with van der Waals surface area (Å²) in [5.41, 5.74) is 0.670. The van der Waals surface area contributed by atoms with Crippen molar-refractivity contribution in [1.82, 2.24) is 16.0 Å². The Morgan fingerprint density at radius 1 is 0.917 bits per heavy atom. The molecule has 0 unspecified atom stereocenters. The normalized spacial score (nSPS) is 14.1. The average Bonchev–Trinajstić information content (AvgIpc) is 2.90. The lowest BCUT2D eigenvalue weighted by Crippen LogP contribution is -2.46. The Labute approximate surface area is 210 Å². The number of aromatic hydroxyl groups is 1. The van der Waals surface area contributed by atoms with Crippen molar-refractivity contribution in [2.24, 2.45) is 0 Å². The fraction of sp³-hybridized carbons (Fsp3) is 0.231. The first kappa shape index (κ1) is 25.2. The molecule has 0 saturated carbocycles. The van der Waals surface area contributed by atoms with Gasteiger partial charge in [-0.25, -0.2) is 12.7 Å². The predicted octanol–water partition coefficient (Wildman–Crippen LogP) is 2.52. The van der Waals surface area contributed by atoms with Crippen LogP contribution in [0.4, 0.5) is 11.4 Å². The third-order valence-corrected chi connectivity index (χ3v) is 7.62. The minimum Gasteiger partial charge on any atom is -0.506 e. The largest absolute Gasteiger partial charge is 0.506 e. The number of carbonyl (C=O) groups is 2. The van der Waals surface area contributed by atoms with Gasteiger partial charge in [-0.15, -0.1) is 0 Å². The highest BCUT2D eigenvalue weighted by Gasteiger charge is 2.28. The van der Waals surface area contributed by atoms with E-state index in [0.717, 1.165) is 30.2 Å². The number of phenols is 1. The summed E-state index contributed by atoms with van der Waals surface area (Å²) in [6.45, 7) is 1.52. The van der Waals surface area contributed by atoms with E-state index >= 15 is 0 Å². The van der Waals surface area contributed by atoms with Gasteiger partial charge in [-0.1, -0.05) is 30.3 Å². The molecule has 4 rings (SSSR count). The number of sulfonamides is 1. The van der Waals surface area contributed by atoms with Crippen LogP contribution in [0.15, 0.2) is 83.8 Å². The Hall–Kier alpha value is -3.89. The smallest absolute Gasteiger partial charge is 0.268 e. The molecular weight excluding hydrogens is 480 g/mol. The molecule has 0 spiro atoms. The van der Waals surface area contributed by atoms with E-state index in [1.807, 2.05) is 0 Å². The molecule has 1 fully saturated rings. The first-order chi connectivity index (χ1) is 17.4. The van der Waals surface area contributed by atoms with E-state index in [0.29, 0.717) is 5.69 Å². The standard InChI is InChI=1S/C26H28N4O5S/c31-24-9-5-4-8-23(24)30(21-6-2-1-3-7-21)36(34,35)22-12-10-19(11-13-22)26(33)28-18-25(32)29-20-14-16-27-17-15-20/h1-13,20,27,31H,14-18H2,(H,28,33)(H,29,32). The maximum atomic E-state index is 13.6. The second-order valence-corrected chi connectivity index (χ2v) is 10.2. The van der Waals surface area contributed by atoms with Gasteiger partial charge in [-0.2, -0.15) is 0 Å². The first-order valence-corrected chi connectivity index (χ1v) is 13.1. The van der Waals surface area contributed by atoms with Crippen molar-refractivity contribution in [2.45, 2.75) is 23.8 Å². The minimum absolute atomic E-state index is 0.0604. The summed E-state index contributed by atoms with van der Waals surface area (Å²) >= 11 is 0. The predicted molar refractivity (Wildman–Crippen MR) is 137 cm³/mol. The summed E-state index contributed by atoms with van der Waals surface area (Å²) in [5.74, 6) is -0.945. The van der Waals surface area contributed by atoms with Gasteiger partial charge in [0.15, 0.2) is 0 Å². The molecule has 0 aromatic heterocycles. The maximum Gasteiger partial charge on any atom is 0.268 e. The lowest BCUT2D eigenvalue weighted by molar-refractivity contribution is -0.121. The maximum absolute atomic E-state index is 13.6. The molecule has 9 nitrogen and oxygen atoms in total. The number of anilines is 2. The van der Waals surface area contributed by atoms with Gasteiger partial charge in [0.2, 0.25) is 5.91 Å². The van der Waals surface area contributed by atoms with Gasteiger partial charge in [-0.3, -0.25) is 9.59 Å². The number of piperidine rings is 1. The Kier molecular flexibility index (Phi) is 7.87. The second-order valence-electron chi connectivity index (χ2n) is 8.39. The Balaban J connectivity index is 1.49. The summed E-state index contributed by atoms with van der Waals surface area (Å²) in [6.07, 6.45) is 1.69. The van der Waals surface area contributed by atoms with Crippen molar-refractivity contribution < 1.29 is 23.1 Å². The zero-order valence-corrected chi connectivity index (χ0v) is 20.4. The molecule has 1 heterocycles. The highest BCUT2D eigenvalue weighted by atomic mass is 32.2. The highest BCUT2D eigenvalue weighted by molar-refractivity contribution is 7.93. The number of carbonyl (C=O) groups excluding carboxylic acids is 2. The zero-order valence-electron chi connectivity index (χ0n) is 19.6. The number of phenolic OH excluding ortho intramolecular Hbond substituents is 1. The van der Waals surface area contributed by atoms with Crippen molar-refractivity contribution in [3.8, 4) is 5.75 Å². The molecule has 0 atom stereocenters. The van der Waals surface area contributed by atoms with Crippen molar-refractivity contribution in [1.29, 1.82) is 0 Å². The fourth-order valence-electron chi connectivity index (χ4n) is 4.00. The van der Waals surface area contributed by atoms with Crippen LogP contribution in [0.3, 0.4) is 0 Å². The van der Waals surface area contributed by atoms with Crippen LogP contribution in [-0.2, 0) is 14.8 Å². The summed E-state index contributed by atoms with van der Waals surface area (Å²) in [7, 11) is -4.14. The molecule has 1 aliphatic heterocycles. The van der Waals surface area contributed by atoms with Crippen LogP contribution in [0.25, 0.3) is 0 Å². The molecule has 0 aliphatic carbocycles. The van der Waals surface area contributed by atoms with E-state index in [9.17, 15) is 23.1 Å². The van der Waals surface area contributed by atoms with Gasteiger partial charge in [0, 0.05) is 11.6 Å². The van der Waals surface area contributed by atoms with Crippen molar-refractivity contribution in [3.05, 3.63) is 84.4 Å². The van der Waals surface area contributed by atoms with Gasteiger partial charge in [0.1, 0.15) is 5.75 Å². The zero-order chi connectivity index (χ0) is 25.5. The van der Waals surface area contributed by atoms with Gasteiger partial charge in [-0.05, 0) is 74.5 Å². The molecule has 2 amide bonds. The summed E-state index contributed by atoms with van der Waals surface area (Å²) < 4.78 is 28.3. The number of para-hydroxylation sites is 3. The molecule has 0 bridgehead atoms. The summed E-state index contributed by atoms with van der Waals surface area (Å²) in [5, 5.41) is 19.1. The van der Waals surface area contributed by atoms with E-state index < -0.39 is 15.9 Å². The molecule has 188 valence electrons. The van der Waals surface area contributed by atoms with Gasteiger partial charge in [0.05, 0.1) is 22.8 Å². The molecule has 10 heteroatoms. The average molecular weight is 509 g/mol. The van der Waals surface area contributed by atoms with E-state index in [2.05, 4.69) is 16.0 Å². The lowest BCUT2D eigenvalue weighted by atomic mass is 10.1. The van der Waals surface area contributed by atoms with E-state index in [4.69, 9.17) is 0 Å². The molecule has 1 saturated heterocycles. The quantitative estimate of drug-likeness (QED) is 0.370. The Morgan fingerprint density at radius 3 is 2.22 bits per heavy atom. The van der Waals surface area contributed by atoms with E-state index in [1.54, 1.807) is 42.5 Å². The van der Waals surface area contributed by atoms with Gasteiger partial charge >= 0.3 is 0 Å². The highest BCUT2D eigenvalue weighted by Crippen LogP contribution is 2.37. The number of amides is 2. The van der Waals surface area contributed by atoms with Crippen LogP contribution in [0, 0.1) is 0 Å². The van der Waals surface area contributed by atoms with Crippen molar-refractivity contribution >= 4 is 33.2 Å². The number of hydrogen-bond acceptors (Lipinski definition) is 6. The van der Waals surface area contributed by atoms with E-state index in [1.165, 1.54) is 36.4 Å². The number of hydrogen-bond donors (Lipinski definition) is 4. The SMILES string of the molecule is O=C(CNC(=O)c1ccc(S(=O)(=O)N(c2ccccc2)c2ccccc2O)cc1)NC1CCNCC1. The summed E-state index contributed by atoms with van der Waals surface area (Å²) in [4.78, 5) is 24.6. The third kappa shape index (κ3) is 5.84. The molecular formula is C26H28N4O5S. The van der Waals surface area contributed by atoms with Crippen LogP contribution in [0.1, 0.15) is 23.2 Å². The van der Waals surface area contributed by atoms with Crippen LogP contribution in [-0.4, -0.2) is 51.0 Å². The molecule has 36 heavy (non-hydrogen) atoms. The van der Waals surface area contributed by atoms with Crippen molar-refractivity contribution in [2.75, 3.05) is 23.9 Å². The van der Waals surface area contributed by atoms with E-state index in [-0.39, 0.29) is 40.4 Å². The molecule has 4 N–H and O–H groups in total.